The molecule has 0 atom stereocenters. The van der Waals surface area contributed by atoms with Crippen LogP contribution in [0.2, 0.25) is 0 Å². The highest BCUT2D eigenvalue weighted by Crippen LogP contribution is 2.42. The van der Waals surface area contributed by atoms with E-state index in [-0.39, 0.29) is 0 Å². The van der Waals surface area contributed by atoms with Crippen LogP contribution in [0.3, 0.4) is 0 Å². The van der Waals surface area contributed by atoms with E-state index in [1.165, 1.54) is 38.3 Å². The molecular formula is C24H21NS. The third-order valence-corrected chi connectivity index (χ3v) is 5.60. The maximum atomic E-state index is 2.38. The van der Waals surface area contributed by atoms with Crippen LogP contribution in [0.1, 0.15) is 18.1 Å². The van der Waals surface area contributed by atoms with E-state index in [0.717, 1.165) is 0 Å². The smallest absolute Gasteiger partial charge is 0.0647 e. The van der Waals surface area contributed by atoms with Crippen molar-refractivity contribution in [1.29, 1.82) is 0 Å². The van der Waals surface area contributed by atoms with Gasteiger partial charge in [-0.05, 0) is 37.6 Å². The molecule has 1 heterocycles. The largest absolute Gasteiger partial charge is 0.309 e. The van der Waals surface area contributed by atoms with Crippen LogP contribution in [0.4, 0.5) is 11.4 Å². The fourth-order valence-corrected chi connectivity index (χ4v) is 4.31. The van der Waals surface area contributed by atoms with Gasteiger partial charge in [-0.2, -0.15) is 0 Å². The lowest BCUT2D eigenvalue weighted by atomic mass is 10.0. The van der Waals surface area contributed by atoms with Crippen LogP contribution in [0.5, 0.6) is 0 Å². The number of fused-ring (bicyclic) bond motifs is 1. The highest BCUT2D eigenvalue weighted by Gasteiger charge is 2.19. The zero-order chi connectivity index (χ0) is 17.9. The summed E-state index contributed by atoms with van der Waals surface area (Å²) in [4.78, 5) is 2.38. The quantitative estimate of drug-likeness (QED) is 0.368. The third-order valence-electron chi connectivity index (χ3n) is 4.65. The topological polar surface area (TPSA) is 3.24 Å². The van der Waals surface area contributed by atoms with Gasteiger partial charge < -0.3 is 4.90 Å². The number of hydrogen-bond donors (Lipinski definition) is 0. The van der Waals surface area contributed by atoms with Crippen LogP contribution >= 0.6 is 11.3 Å². The monoisotopic (exact) mass is 355 g/mol. The molecule has 128 valence electrons. The molecule has 0 spiro atoms. The third kappa shape index (κ3) is 2.93. The lowest BCUT2D eigenvalue weighted by Gasteiger charge is -2.28. The summed E-state index contributed by atoms with van der Waals surface area (Å²) in [6.07, 6.45) is 2.21. The molecule has 0 unspecified atom stereocenters. The highest BCUT2D eigenvalue weighted by atomic mass is 32.1. The van der Waals surface area contributed by atoms with Crippen molar-refractivity contribution in [2.45, 2.75) is 13.8 Å². The summed E-state index contributed by atoms with van der Waals surface area (Å²) in [5.41, 5.74) is 6.15. The molecule has 0 aliphatic carbocycles. The maximum Gasteiger partial charge on any atom is 0.0647 e. The lowest BCUT2D eigenvalue weighted by molar-refractivity contribution is 1.28. The van der Waals surface area contributed by atoms with E-state index in [4.69, 9.17) is 0 Å². The summed E-state index contributed by atoms with van der Waals surface area (Å²) >= 11 is 1.80. The number of thiophene rings is 1. The fraction of sp³-hybridized carbons (Fsp3) is 0.0833. The van der Waals surface area contributed by atoms with Gasteiger partial charge in [-0.1, -0.05) is 66.7 Å². The normalized spacial score (nSPS) is 11.7. The van der Waals surface area contributed by atoms with Crippen molar-refractivity contribution in [1.82, 2.24) is 0 Å². The van der Waals surface area contributed by atoms with Crippen molar-refractivity contribution < 1.29 is 0 Å². The molecule has 4 rings (SSSR count). The minimum Gasteiger partial charge on any atom is -0.309 e. The van der Waals surface area contributed by atoms with E-state index < -0.39 is 0 Å². The Morgan fingerprint density at radius 2 is 1.54 bits per heavy atom. The molecule has 26 heavy (non-hydrogen) atoms. The Balaban J connectivity index is 1.96. The molecule has 0 N–H and O–H groups in total. The first-order valence-corrected chi connectivity index (χ1v) is 9.71. The Morgan fingerprint density at radius 1 is 0.846 bits per heavy atom. The van der Waals surface area contributed by atoms with Crippen molar-refractivity contribution in [2.24, 2.45) is 0 Å². The number of para-hydroxylation sites is 1. The predicted molar refractivity (Wildman–Crippen MR) is 115 cm³/mol. The Bertz CT molecular complexity index is 1060. The van der Waals surface area contributed by atoms with Crippen LogP contribution in [0.25, 0.3) is 15.8 Å². The van der Waals surface area contributed by atoms with Gasteiger partial charge in [0.25, 0.3) is 0 Å². The second kappa shape index (κ2) is 7.19. The molecule has 0 aliphatic rings. The van der Waals surface area contributed by atoms with Gasteiger partial charge in [0.1, 0.15) is 0 Å². The first-order valence-electron chi connectivity index (χ1n) is 8.83. The number of benzene rings is 3. The molecule has 3 aromatic carbocycles. The molecule has 2 heteroatoms. The van der Waals surface area contributed by atoms with Gasteiger partial charge in [0.15, 0.2) is 0 Å². The minimum absolute atomic E-state index is 1.17. The molecular weight excluding hydrogens is 334 g/mol. The van der Waals surface area contributed by atoms with E-state index in [9.17, 15) is 0 Å². The van der Waals surface area contributed by atoms with E-state index in [1.54, 1.807) is 11.3 Å². The lowest BCUT2D eigenvalue weighted by Crippen LogP contribution is -2.15. The molecule has 4 aromatic rings. The van der Waals surface area contributed by atoms with Gasteiger partial charge in [0.2, 0.25) is 0 Å². The number of rotatable bonds is 4. The van der Waals surface area contributed by atoms with Gasteiger partial charge in [0.05, 0.1) is 5.69 Å². The molecule has 0 radical (unpaired) electrons. The average molecular weight is 356 g/mol. The van der Waals surface area contributed by atoms with Gasteiger partial charge in [-0.15, -0.1) is 11.3 Å². The molecule has 1 nitrogen and oxygen atoms in total. The second-order valence-corrected chi connectivity index (χ2v) is 7.19. The molecule has 0 fully saturated rings. The number of hydrogen-bond acceptors (Lipinski definition) is 2. The van der Waals surface area contributed by atoms with Gasteiger partial charge in [-0.3, -0.25) is 0 Å². The summed E-state index contributed by atoms with van der Waals surface area (Å²) in [5, 5.41) is 3.55. The Kier molecular flexibility index (Phi) is 4.59. The molecule has 0 saturated heterocycles. The summed E-state index contributed by atoms with van der Waals surface area (Å²) < 4.78 is 1.31. The number of aryl methyl sites for hydroxylation is 1. The van der Waals surface area contributed by atoms with Crippen LogP contribution in [0, 0.1) is 6.92 Å². The molecule has 0 saturated carbocycles. The van der Waals surface area contributed by atoms with Crippen molar-refractivity contribution in [3.8, 4) is 0 Å². The van der Waals surface area contributed by atoms with E-state index >= 15 is 0 Å². The number of nitrogens with zero attached hydrogens (tertiary/aromatic N) is 1. The summed E-state index contributed by atoms with van der Waals surface area (Å²) in [7, 11) is 0. The van der Waals surface area contributed by atoms with Crippen molar-refractivity contribution in [3.63, 3.8) is 0 Å². The summed E-state index contributed by atoms with van der Waals surface area (Å²) in [5.74, 6) is 0. The first-order chi connectivity index (χ1) is 12.8. The fourth-order valence-electron chi connectivity index (χ4n) is 3.39. The average Bonchev–Trinajstić information content (AvgIpc) is 3.11. The standard InChI is InChI=1S/C24H21NS/c1-3-22(20-14-8-7-11-18(20)2)25(19-12-5-4-6-13-19)23-17-26-24-16-10-9-15-21(23)24/h3-17H,1-2H3/b22-3+. The molecule has 1 aromatic heterocycles. The predicted octanol–water partition coefficient (Wildman–Crippen LogP) is 7.41. The van der Waals surface area contributed by atoms with Crippen molar-refractivity contribution in [2.75, 3.05) is 4.90 Å². The Morgan fingerprint density at radius 3 is 2.31 bits per heavy atom. The second-order valence-electron chi connectivity index (χ2n) is 6.28. The van der Waals surface area contributed by atoms with Crippen molar-refractivity contribution >= 4 is 38.5 Å². The van der Waals surface area contributed by atoms with Gasteiger partial charge >= 0.3 is 0 Å². The maximum absolute atomic E-state index is 2.38. The SMILES string of the molecule is C/C=C(\c1ccccc1C)N(c1ccccc1)c1csc2ccccc12. The highest BCUT2D eigenvalue weighted by molar-refractivity contribution is 7.17. The molecule has 0 bridgehead atoms. The van der Waals surface area contributed by atoms with E-state index in [0.29, 0.717) is 0 Å². The summed E-state index contributed by atoms with van der Waals surface area (Å²) in [6, 6.07) is 27.8. The van der Waals surface area contributed by atoms with E-state index in [1.807, 2.05) is 0 Å². The van der Waals surface area contributed by atoms with Crippen molar-refractivity contribution in [3.05, 3.63) is 101 Å². The molecule has 0 amide bonds. The first kappa shape index (κ1) is 16.6. The summed E-state index contributed by atoms with van der Waals surface area (Å²) in [6.45, 7) is 4.29. The van der Waals surface area contributed by atoms with Gasteiger partial charge in [-0.25, -0.2) is 0 Å². The van der Waals surface area contributed by atoms with E-state index in [2.05, 4.69) is 109 Å². The van der Waals surface area contributed by atoms with Gasteiger partial charge in [0, 0.05) is 32.4 Å². The number of anilines is 2. The van der Waals surface area contributed by atoms with Crippen LogP contribution in [-0.2, 0) is 0 Å². The molecule has 0 aliphatic heterocycles. The van der Waals surface area contributed by atoms with Crippen LogP contribution in [-0.4, -0.2) is 0 Å². The minimum atomic E-state index is 1.17. The zero-order valence-electron chi connectivity index (χ0n) is 15.0. The zero-order valence-corrected chi connectivity index (χ0v) is 15.8. The Hall–Kier alpha value is -2.84. The van der Waals surface area contributed by atoms with Crippen LogP contribution in [0.15, 0.2) is 90.3 Å². The Labute approximate surface area is 158 Å². The number of allylic oxidation sites excluding steroid dienone is 1. The van der Waals surface area contributed by atoms with Crippen LogP contribution < -0.4 is 4.90 Å².